The Morgan fingerprint density at radius 2 is 1.68 bits per heavy atom. The molecule has 3 aromatic rings. The molecule has 0 radical (unpaired) electrons. The number of cyclic esters (lactones) is 1. The van der Waals surface area contributed by atoms with Crippen molar-refractivity contribution in [2.75, 3.05) is 6.79 Å². The van der Waals surface area contributed by atoms with Crippen LogP contribution in [0.2, 0.25) is 10.0 Å². The highest BCUT2D eigenvalue weighted by molar-refractivity contribution is 6.31. The van der Waals surface area contributed by atoms with Crippen molar-refractivity contribution in [3.63, 3.8) is 0 Å². The van der Waals surface area contributed by atoms with Gasteiger partial charge in [0.2, 0.25) is 6.79 Å². The van der Waals surface area contributed by atoms with Gasteiger partial charge in [0.05, 0.1) is 5.57 Å². The zero-order valence-corrected chi connectivity index (χ0v) is 17.6. The van der Waals surface area contributed by atoms with Gasteiger partial charge in [-0.1, -0.05) is 53.5 Å². The van der Waals surface area contributed by atoms with Crippen LogP contribution in [-0.2, 0) is 21.7 Å². The van der Waals surface area contributed by atoms with Crippen LogP contribution < -0.4 is 9.47 Å². The molecule has 1 atom stereocenters. The van der Waals surface area contributed by atoms with Crippen LogP contribution in [0.25, 0.3) is 5.57 Å². The fourth-order valence-electron chi connectivity index (χ4n) is 3.85. The van der Waals surface area contributed by atoms with Gasteiger partial charge in [-0.25, -0.2) is 4.79 Å². The van der Waals surface area contributed by atoms with Gasteiger partial charge in [-0.15, -0.1) is 0 Å². The molecule has 2 aliphatic rings. The van der Waals surface area contributed by atoms with E-state index in [1.165, 1.54) is 0 Å². The second-order valence-corrected chi connectivity index (χ2v) is 8.14. The zero-order valence-electron chi connectivity index (χ0n) is 16.1. The van der Waals surface area contributed by atoms with Crippen molar-refractivity contribution < 1.29 is 24.1 Å². The minimum Gasteiger partial charge on any atom is -0.454 e. The molecule has 5 rings (SSSR count). The molecule has 0 aliphatic carbocycles. The van der Waals surface area contributed by atoms with Crippen molar-refractivity contribution in [3.8, 4) is 11.5 Å². The van der Waals surface area contributed by atoms with Crippen molar-refractivity contribution in [2.45, 2.75) is 12.2 Å². The monoisotopic (exact) mass is 454 g/mol. The molecule has 0 saturated heterocycles. The first-order valence-electron chi connectivity index (χ1n) is 9.54. The fourth-order valence-corrected chi connectivity index (χ4v) is 4.19. The minimum absolute atomic E-state index is 0.117. The number of carbonyl (C=O) groups is 1. The second-order valence-electron chi connectivity index (χ2n) is 7.27. The number of carbonyl (C=O) groups excluding carboxylic acids is 1. The molecule has 31 heavy (non-hydrogen) atoms. The number of fused-ring (bicyclic) bond motifs is 1. The summed E-state index contributed by atoms with van der Waals surface area (Å²) < 4.78 is 16.4. The van der Waals surface area contributed by atoms with Gasteiger partial charge >= 0.3 is 5.97 Å². The minimum atomic E-state index is -1.95. The predicted molar refractivity (Wildman–Crippen MR) is 116 cm³/mol. The number of ether oxygens (including phenoxy) is 3. The molecular weight excluding hydrogens is 439 g/mol. The molecule has 0 fully saturated rings. The summed E-state index contributed by atoms with van der Waals surface area (Å²) in [7, 11) is 0. The predicted octanol–water partition coefficient (Wildman–Crippen LogP) is 5.12. The van der Waals surface area contributed by atoms with Crippen molar-refractivity contribution >= 4 is 34.7 Å². The van der Waals surface area contributed by atoms with E-state index in [0.29, 0.717) is 38.2 Å². The number of aliphatic hydroxyl groups is 1. The van der Waals surface area contributed by atoms with E-state index in [-0.39, 0.29) is 18.8 Å². The number of hydrogen-bond acceptors (Lipinski definition) is 5. The van der Waals surface area contributed by atoms with Crippen LogP contribution in [0.5, 0.6) is 11.5 Å². The molecule has 1 N–H and O–H groups in total. The lowest BCUT2D eigenvalue weighted by atomic mass is 9.88. The molecule has 0 saturated carbocycles. The summed E-state index contributed by atoms with van der Waals surface area (Å²) in [5.74, 6) is -1.45. The van der Waals surface area contributed by atoms with Gasteiger partial charge in [0, 0.05) is 27.6 Å². The van der Waals surface area contributed by atoms with Crippen LogP contribution in [0.15, 0.2) is 72.3 Å². The van der Waals surface area contributed by atoms with Crippen molar-refractivity contribution in [1.82, 2.24) is 0 Å². The number of rotatable bonds is 4. The molecule has 7 heteroatoms. The maximum absolute atomic E-state index is 13.0. The van der Waals surface area contributed by atoms with Crippen LogP contribution >= 0.6 is 23.2 Å². The van der Waals surface area contributed by atoms with Crippen molar-refractivity contribution in [2.24, 2.45) is 0 Å². The number of esters is 1. The molecule has 0 aromatic heterocycles. The number of halogens is 2. The van der Waals surface area contributed by atoms with Gasteiger partial charge in [0.25, 0.3) is 5.79 Å². The third-order valence-electron chi connectivity index (χ3n) is 5.32. The zero-order chi connectivity index (χ0) is 21.6. The molecule has 0 spiro atoms. The molecule has 2 aliphatic heterocycles. The van der Waals surface area contributed by atoms with Gasteiger partial charge in [-0.3, -0.25) is 0 Å². The lowest BCUT2D eigenvalue weighted by Gasteiger charge is -2.25. The molecule has 0 bridgehead atoms. The Balaban J connectivity index is 1.69. The highest BCUT2D eigenvalue weighted by Crippen LogP contribution is 2.46. The summed E-state index contributed by atoms with van der Waals surface area (Å²) in [6.45, 7) is 0.117. The normalized spacial score (nSPS) is 19.6. The lowest BCUT2D eigenvalue weighted by Crippen LogP contribution is -2.29. The van der Waals surface area contributed by atoms with Gasteiger partial charge in [-0.05, 0) is 47.5 Å². The molecule has 2 heterocycles. The Morgan fingerprint density at radius 3 is 2.45 bits per heavy atom. The molecule has 5 nitrogen and oxygen atoms in total. The van der Waals surface area contributed by atoms with E-state index in [1.807, 2.05) is 12.1 Å². The third kappa shape index (κ3) is 3.55. The molecule has 1 unspecified atom stereocenters. The first kappa shape index (κ1) is 19.9. The maximum Gasteiger partial charge on any atom is 0.342 e. The molecular formula is C24H16Cl2O5. The van der Waals surface area contributed by atoms with Crippen LogP contribution in [0.1, 0.15) is 16.7 Å². The number of hydrogen-bond donors (Lipinski definition) is 1. The van der Waals surface area contributed by atoms with Crippen LogP contribution in [-0.4, -0.2) is 17.9 Å². The smallest absolute Gasteiger partial charge is 0.342 e. The summed E-state index contributed by atoms with van der Waals surface area (Å²) in [4.78, 5) is 13.0. The Kier molecular flexibility index (Phi) is 4.89. The van der Waals surface area contributed by atoms with Gasteiger partial charge in [0.15, 0.2) is 11.5 Å². The largest absolute Gasteiger partial charge is 0.454 e. The highest BCUT2D eigenvalue weighted by atomic mass is 35.5. The lowest BCUT2D eigenvalue weighted by molar-refractivity contribution is -0.185. The second kappa shape index (κ2) is 7.61. The summed E-state index contributed by atoms with van der Waals surface area (Å²) >= 11 is 12.2. The van der Waals surface area contributed by atoms with E-state index in [9.17, 15) is 9.90 Å². The SMILES string of the molecule is O=C1OC(O)(c2ccc(Cl)cc2)C(Cc2cccc(Cl)c2)=C1c1ccc2c(c1)OCO2. The highest BCUT2D eigenvalue weighted by Gasteiger charge is 2.48. The summed E-state index contributed by atoms with van der Waals surface area (Å²) in [6.07, 6.45) is 0.245. The standard InChI is InChI=1S/C24H16Cl2O5/c25-17-7-5-16(6-8-17)24(28)19(11-14-2-1-3-18(26)10-14)22(23(27)31-24)15-4-9-20-21(12-15)30-13-29-20/h1-10,12,28H,11,13H2. The third-order valence-corrected chi connectivity index (χ3v) is 5.81. The van der Waals surface area contributed by atoms with Gasteiger partial charge in [0.1, 0.15) is 0 Å². The van der Waals surface area contributed by atoms with Gasteiger partial charge < -0.3 is 19.3 Å². The molecule has 156 valence electrons. The summed E-state index contributed by atoms with van der Waals surface area (Å²) in [5.41, 5.74) is 2.47. The summed E-state index contributed by atoms with van der Waals surface area (Å²) in [5, 5.41) is 12.7. The van der Waals surface area contributed by atoms with E-state index in [4.69, 9.17) is 37.4 Å². The van der Waals surface area contributed by atoms with Crippen molar-refractivity contribution in [3.05, 3.63) is 99.0 Å². The van der Waals surface area contributed by atoms with E-state index >= 15 is 0 Å². The fraction of sp³-hybridized carbons (Fsp3) is 0.125. The maximum atomic E-state index is 13.0. The van der Waals surface area contributed by atoms with Crippen molar-refractivity contribution in [1.29, 1.82) is 0 Å². The molecule has 3 aromatic carbocycles. The average Bonchev–Trinajstić information content (AvgIpc) is 3.30. The summed E-state index contributed by atoms with van der Waals surface area (Å²) in [6, 6.07) is 19.0. The van der Waals surface area contributed by atoms with E-state index in [0.717, 1.165) is 5.56 Å². The average molecular weight is 455 g/mol. The Morgan fingerprint density at radius 1 is 0.903 bits per heavy atom. The Labute approximate surface area is 188 Å². The first-order valence-corrected chi connectivity index (χ1v) is 10.3. The van der Waals surface area contributed by atoms with E-state index in [2.05, 4.69) is 0 Å². The van der Waals surface area contributed by atoms with E-state index < -0.39 is 11.8 Å². The quantitative estimate of drug-likeness (QED) is 0.554. The number of benzene rings is 3. The van der Waals surface area contributed by atoms with Crippen LogP contribution in [0.3, 0.4) is 0 Å². The van der Waals surface area contributed by atoms with Crippen LogP contribution in [0.4, 0.5) is 0 Å². The molecule has 0 amide bonds. The van der Waals surface area contributed by atoms with E-state index in [1.54, 1.807) is 54.6 Å². The first-order chi connectivity index (χ1) is 14.9. The topological polar surface area (TPSA) is 65.0 Å². The Bertz CT molecular complexity index is 1220. The van der Waals surface area contributed by atoms with Gasteiger partial charge in [-0.2, -0.15) is 0 Å². The Hall–Kier alpha value is -2.99. The van der Waals surface area contributed by atoms with Crippen LogP contribution in [0, 0.1) is 0 Å².